The van der Waals surface area contributed by atoms with Crippen LogP contribution < -0.4 is 16.8 Å². The highest BCUT2D eigenvalue weighted by Crippen LogP contribution is 2.17. The molecule has 0 saturated carbocycles. The normalized spacial score (nSPS) is 18.9. The van der Waals surface area contributed by atoms with Gasteiger partial charge in [0, 0.05) is 12.2 Å². The molecule has 0 bridgehead atoms. The van der Waals surface area contributed by atoms with Gasteiger partial charge < -0.3 is 16.8 Å². The number of carbonyl (C=O) groups excluding carboxylic acids is 2. The summed E-state index contributed by atoms with van der Waals surface area (Å²) in [5, 5.41) is 2.64. The summed E-state index contributed by atoms with van der Waals surface area (Å²) < 4.78 is 13.0. The van der Waals surface area contributed by atoms with Crippen molar-refractivity contribution >= 4 is 23.2 Å². The van der Waals surface area contributed by atoms with Crippen LogP contribution in [0.5, 0.6) is 0 Å². The standard InChI is InChI=1S/C13H17FN4O2/c14-10-2-1-9(5-11(10)15)17-12(19)7-18-4-3-8(6-18)13(16)20/h1-2,5,8H,3-4,6-7,15H2,(H2,16,20)(H,17,19). The first-order valence-corrected chi connectivity index (χ1v) is 6.32. The summed E-state index contributed by atoms with van der Waals surface area (Å²) in [5.74, 6) is -1.28. The van der Waals surface area contributed by atoms with E-state index >= 15 is 0 Å². The molecule has 1 atom stereocenters. The monoisotopic (exact) mass is 280 g/mol. The number of hydrogen-bond acceptors (Lipinski definition) is 4. The molecule has 0 radical (unpaired) electrons. The van der Waals surface area contributed by atoms with Gasteiger partial charge in [-0.05, 0) is 31.2 Å². The molecule has 1 aliphatic heterocycles. The van der Waals surface area contributed by atoms with Crippen molar-refractivity contribution in [3.8, 4) is 0 Å². The van der Waals surface area contributed by atoms with E-state index in [1.807, 2.05) is 4.90 Å². The quantitative estimate of drug-likeness (QED) is 0.683. The maximum absolute atomic E-state index is 13.0. The Hall–Kier alpha value is -2.15. The molecule has 5 N–H and O–H groups in total. The fourth-order valence-corrected chi connectivity index (χ4v) is 2.23. The van der Waals surface area contributed by atoms with Crippen molar-refractivity contribution in [1.82, 2.24) is 4.90 Å². The van der Waals surface area contributed by atoms with E-state index in [0.717, 1.165) is 0 Å². The van der Waals surface area contributed by atoms with Crippen LogP contribution in [-0.2, 0) is 9.59 Å². The highest BCUT2D eigenvalue weighted by Gasteiger charge is 2.27. The smallest absolute Gasteiger partial charge is 0.238 e. The number of carbonyl (C=O) groups is 2. The van der Waals surface area contributed by atoms with E-state index < -0.39 is 5.82 Å². The van der Waals surface area contributed by atoms with E-state index in [1.165, 1.54) is 18.2 Å². The maximum Gasteiger partial charge on any atom is 0.238 e. The van der Waals surface area contributed by atoms with Gasteiger partial charge >= 0.3 is 0 Å². The fourth-order valence-electron chi connectivity index (χ4n) is 2.23. The summed E-state index contributed by atoms with van der Waals surface area (Å²) in [6, 6.07) is 4.01. The van der Waals surface area contributed by atoms with E-state index in [0.29, 0.717) is 25.2 Å². The van der Waals surface area contributed by atoms with Crippen LogP contribution in [-0.4, -0.2) is 36.3 Å². The van der Waals surface area contributed by atoms with Crippen LogP contribution in [0.15, 0.2) is 18.2 Å². The molecule has 1 aliphatic rings. The molecule has 2 amide bonds. The number of nitrogens with one attached hydrogen (secondary N) is 1. The van der Waals surface area contributed by atoms with Crippen molar-refractivity contribution in [1.29, 1.82) is 0 Å². The average Bonchev–Trinajstić information content (AvgIpc) is 2.82. The van der Waals surface area contributed by atoms with Crippen LogP contribution in [0.25, 0.3) is 0 Å². The lowest BCUT2D eigenvalue weighted by atomic mass is 10.1. The summed E-state index contributed by atoms with van der Waals surface area (Å²) in [7, 11) is 0. The third-order valence-corrected chi connectivity index (χ3v) is 3.32. The van der Waals surface area contributed by atoms with Crippen LogP contribution in [0.2, 0.25) is 0 Å². The molecule has 1 unspecified atom stereocenters. The van der Waals surface area contributed by atoms with Gasteiger partial charge in [0.05, 0.1) is 18.2 Å². The number of nitrogens with zero attached hydrogens (tertiary/aromatic N) is 1. The van der Waals surface area contributed by atoms with Gasteiger partial charge in [-0.15, -0.1) is 0 Å². The van der Waals surface area contributed by atoms with Gasteiger partial charge in [0.2, 0.25) is 11.8 Å². The Morgan fingerprint density at radius 2 is 2.20 bits per heavy atom. The SMILES string of the molecule is NC(=O)C1CCN(CC(=O)Nc2ccc(F)c(N)c2)C1. The second kappa shape index (κ2) is 5.87. The van der Waals surface area contributed by atoms with E-state index in [4.69, 9.17) is 11.5 Å². The third kappa shape index (κ3) is 3.45. The molecule has 20 heavy (non-hydrogen) atoms. The van der Waals surface area contributed by atoms with Gasteiger partial charge in [-0.1, -0.05) is 0 Å². The van der Waals surface area contributed by atoms with Crippen LogP contribution in [0, 0.1) is 11.7 Å². The highest BCUT2D eigenvalue weighted by atomic mass is 19.1. The molecule has 1 saturated heterocycles. The van der Waals surface area contributed by atoms with E-state index in [9.17, 15) is 14.0 Å². The number of nitrogen functional groups attached to an aromatic ring is 1. The lowest BCUT2D eigenvalue weighted by Crippen LogP contribution is -2.33. The second-order valence-corrected chi connectivity index (χ2v) is 4.91. The summed E-state index contributed by atoms with van der Waals surface area (Å²) >= 11 is 0. The summed E-state index contributed by atoms with van der Waals surface area (Å²) in [6.07, 6.45) is 0.673. The van der Waals surface area contributed by atoms with Gasteiger partial charge in [0.1, 0.15) is 5.82 Å². The van der Waals surface area contributed by atoms with Crippen LogP contribution in [0.3, 0.4) is 0 Å². The lowest BCUT2D eigenvalue weighted by molar-refractivity contribution is -0.122. The molecule has 0 spiro atoms. The number of rotatable bonds is 4. The van der Waals surface area contributed by atoms with E-state index in [1.54, 1.807) is 0 Å². The van der Waals surface area contributed by atoms with Gasteiger partial charge in [-0.2, -0.15) is 0 Å². The van der Waals surface area contributed by atoms with Gasteiger partial charge in [-0.3, -0.25) is 14.5 Å². The summed E-state index contributed by atoms with van der Waals surface area (Å²) in [5.41, 5.74) is 11.1. The lowest BCUT2D eigenvalue weighted by Gasteiger charge is -2.15. The number of likely N-dealkylation sites (tertiary alicyclic amines) is 1. The predicted molar refractivity (Wildman–Crippen MR) is 73.2 cm³/mol. The minimum absolute atomic E-state index is 0.0160. The molecule has 7 heteroatoms. The Balaban J connectivity index is 1.87. The minimum atomic E-state index is -0.521. The van der Waals surface area contributed by atoms with Crippen molar-refractivity contribution in [2.24, 2.45) is 11.7 Å². The second-order valence-electron chi connectivity index (χ2n) is 4.91. The molecule has 1 aromatic rings. The zero-order valence-electron chi connectivity index (χ0n) is 10.9. The number of amides is 2. The molecule has 1 fully saturated rings. The van der Waals surface area contributed by atoms with Crippen molar-refractivity contribution in [2.45, 2.75) is 6.42 Å². The molecule has 108 valence electrons. The first-order valence-electron chi connectivity index (χ1n) is 6.32. The Morgan fingerprint density at radius 3 is 2.80 bits per heavy atom. The average molecular weight is 280 g/mol. The topological polar surface area (TPSA) is 101 Å². The molecule has 0 aliphatic carbocycles. The molecule has 2 rings (SSSR count). The number of benzene rings is 1. The molecule has 1 aromatic carbocycles. The Kier molecular flexibility index (Phi) is 4.19. The predicted octanol–water partition coefficient (Wildman–Crippen LogP) is 0.154. The van der Waals surface area contributed by atoms with Gasteiger partial charge in [-0.25, -0.2) is 4.39 Å². The zero-order chi connectivity index (χ0) is 14.7. The van der Waals surface area contributed by atoms with E-state index in [-0.39, 0.29) is 30.0 Å². The Bertz CT molecular complexity index is 535. The van der Waals surface area contributed by atoms with Crippen LogP contribution >= 0.6 is 0 Å². The van der Waals surface area contributed by atoms with Crippen LogP contribution in [0.1, 0.15) is 6.42 Å². The fraction of sp³-hybridized carbons (Fsp3) is 0.385. The first kappa shape index (κ1) is 14.3. The summed E-state index contributed by atoms with van der Waals surface area (Å²) in [6.45, 7) is 1.32. The highest BCUT2D eigenvalue weighted by molar-refractivity contribution is 5.92. The molecule has 1 heterocycles. The van der Waals surface area contributed by atoms with Gasteiger partial charge in [0.25, 0.3) is 0 Å². The van der Waals surface area contributed by atoms with Crippen molar-refractivity contribution in [2.75, 3.05) is 30.7 Å². The van der Waals surface area contributed by atoms with Crippen molar-refractivity contribution in [3.63, 3.8) is 0 Å². The molecule has 6 nitrogen and oxygen atoms in total. The number of anilines is 2. The number of hydrogen-bond donors (Lipinski definition) is 3. The van der Waals surface area contributed by atoms with Crippen LogP contribution in [0.4, 0.5) is 15.8 Å². The minimum Gasteiger partial charge on any atom is -0.396 e. The van der Waals surface area contributed by atoms with Gasteiger partial charge in [0.15, 0.2) is 0 Å². The van der Waals surface area contributed by atoms with E-state index in [2.05, 4.69) is 5.32 Å². The number of nitrogens with two attached hydrogens (primary N) is 2. The summed E-state index contributed by atoms with van der Waals surface area (Å²) in [4.78, 5) is 24.7. The molecule has 0 aromatic heterocycles. The Morgan fingerprint density at radius 1 is 1.45 bits per heavy atom. The van der Waals surface area contributed by atoms with Crippen molar-refractivity contribution < 1.29 is 14.0 Å². The maximum atomic E-state index is 13.0. The Labute approximate surface area is 115 Å². The third-order valence-electron chi connectivity index (χ3n) is 3.32. The molecular weight excluding hydrogens is 263 g/mol. The zero-order valence-corrected chi connectivity index (χ0v) is 10.9. The molecular formula is C13H17FN4O2. The number of primary amides is 1. The largest absolute Gasteiger partial charge is 0.396 e. The first-order chi connectivity index (χ1) is 9.45. The van der Waals surface area contributed by atoms with Crippen molar-refractivity contribution in [3.05, 3.63) is 24.0 Å². The number of halogens is 1.